The highest BCUT2D eigenvalue weighted by Gasteiger charge is 2.24. The maximum Gasteiger partial charge on any atom is 0.265 e. The van der Waals surface area contributed by atoms with Crippen molar-refractivity contribution in [3.05, 3.63) is 52.2 Å². The van der Waals surface area contributed by atoms with Gasteiger partial charge in [0, 0.05) is 19.1 Å². The molecule has 1 aliphatic heterocycles. The monoisotopic (exact) mass is 365 g/mol. The van der Waals surface area contributed by atoms with Gasteiger partial charge in [-0.05, 0) is 36.4 Å². The van der Waals surface area contributed by atoms with Gasteiger partial charge in [0.15, 0.2) is 0 Å². The van der Waals surface area contributed by atoms with Crippen molar-refractivity contribution in [1.82, 2.24) is 4.90 Å². The van der Waals surface area contributed by atoms with Gasteiger partial charge in [0.2, 0.25) is 0 Å². The maximum absolute atomic E-state index is 12.8. The third kappa shape index (κ3) is 4.14. The van der Waals surface area contributed by atoms with Gasteiger partial charge in [-0.25, -0.2) is 0 Å². The molecule has 0 bridgehead atoms. The second kappa shape index (κ2) is 8.28. The molecule has 1 saturated heterocycles. The largest absolute Gasteiger partial charge is 0.337 e. The van der Waals surface area contributed by atoms with E-state index in [1.54, 1.807) is 29.2 Å². The Labute approximate surface area is 151 Å². The number of nitrogens with zero attached hydrogens (tertiary/aromatic N) is 1. The van der Waals surface area contributed by atoms with Gasteiger partial charge < -0.3 is 16.0 Å². The second-order valence-electron chi connectivity index (χ2n) is 5.63. The van der Waals surface area contributed by atoms with Crippen LogP contribution in [0.15, 0.2) is 41.8 Å². The van der Waals surface area contributed by atoms with Crippen molar-refractivity contribution in [1.29, 1.82) is 0 Å². The van der Waals surface area contributed by atoms with E-state index in [4.69, 9.17) is 5.73 Å². The molecular formula is C17H20ClN3O2S. The molecule has 2 heterocycles. The van der Waals surface area contributed by atoms with Gasteiger partial charge in [0.1, 0.15) is 0 Å². The van der Waals surface area contributed by atoms with E-state index in [2.05, 4.69) is 5.32 Å². The summed E-state index contributed by atoms with van der Waals surface area (Å²) in [6.45, 7) is 1.27. The van der Waals surface area contributed by atoms with Gasteiger partial charge in [-0.3, -0.25) is 9.59 Å². The van der Waals surface area contributed by atoms with Crippen LogP contribution in [0.3, 0.4) is 0 Å². The maximum atomic E-state index is 12.8. The molecule has 3 rings (SSSR count). The molecule has 128 valence electrons. The first-order valence-corrected chi connectivity index (χ1v) is 8.52. The smallest absolute Gasteiger partial charge is 0.265 e. The number of para-hydroxylation sites is 1. The zero-order chi connectivity index (χ0) is 16.2. The first-order chi connectivity index (χ1) is 11.1. The van der Waals surface area contributed by atoms with Crippen molar-refractivity contribution >= 4 is 41.2 Å². The predicted octanol–water partition coefficient (Wildman–Crippen LogP) is 2.99. The number of carbonyl (C=O) groups is 2. The number of carbonyl (C=O) groups excluding carboxylic acids is 2. The molecule has 0 radical (unpaired) electrons. The summed E-state index contributed by atoms with van der Waals surface area (Å²) in [5, 5.41) is 4.69. The molecule has 1 aromatic carbocycles. The van der Waals surface area contributed by atoms with Crippen LogP contribution < -0.4 is 11.1 Å². The van der Waals surface area contributed by atoms with E-state index in [0.717, 1.165) is 12.8 Å². The number of amides is 2. The zero-order valence-corrected chi connectivity index (χ0v) is 14.7. The molecule has 7 heteroatoms. The van der Waals surface area contributed by atoms with Crippen LogP contribution in [0, 0.1) is 0 Å². The minimum Gasteiger partial charge on any atom is -0.337 e. The number of nitrogens with one attached hydrogen (secondary N) is 1. The number of benzene rings is 1. The first-order valence-electron chi connectivity index (χ1n) is 7.64. The van der Waals surface area contributed by atoms with E-state index >= 15 is 0 Å². The number of hydrogen-bond donors (Lipinski definition) is 2. The van der Waals surface area contributed by atoms with Crippen LogP contribution >= 0.6 is 23.7 Å². The van der Waals surface area contributed by atoms with Crippen LogP contribution in [0.4, 0.5) is 5.69 Å². The third-order valence-corrected chi connectivity index (χ3v) is 4.76. The lowest BCUT2D eigenvalue weighted by molar-refractivity contribution is 0.0710. The van der Waals surface area contributed by atoms with Crippen LogP contribution in [-0.4, -0.2) is 35.8 Å². The molecule has 1 fully saturated rings. The van der Waals surface area contributed by atoms with Gasteiger partial charge in [-0.1, -0.05) is 18.2 Å². The van der Waals surface area contributed by atoms with Gasteiger partial charge >= 0.3 is 0 Å². The summed E-state index contributed by atoms with van der Waals surface area (Å²) < 4.78 is 0. The second-order valence-corrected chi connectivity index (χ2v) is 6.58. The highest BCUT2D eigenvalue weighted by Crippen LogP contribution is 2.21. The average molecular weight is 366 g/mol. The number of thiophene rings is 1. The summed E-state index contributed by atoms with van der Waals surface area (Å²) in [7, 11) is 0. The van der Waals surface area contributed by atoms with Crippen LogP contribution in [0.2, 0.25) is 0 Å². The van der Waals surface area contributed by atoms with E-state index in [1.807, 2.05) is 17.5 Å². The summed E-state index contributed by atoms with van der Waals surface area (Å²) in [5.74, 6) is -0.280. The van der Waals surface area contributed by atoms with E-state index in [0.29, 0.717) is 29.2 Å². The summed E-state index contributed by atoms with van der Waals surface area (Å²) in [6.07, 6.45) is 1.86. The first kappa shape index (κ1) is 18.4. The molecule has 1 aromatic heterocycles. The number of anilines is 1. The molecular weight excluding hydrogens is 346 g/mol. The predicted molar refractivity (Wildman–Crippen MR) is 99.1 cm³/mol. The molecule has 1 atom stereocenters. The minimum absolute atomic E-state index is 0. The molecule has 2 aromatic rings. The normalized spacial score (nSPS) is 17.0. The van der Waals surface area contributed by atoms with E-state index in [9.17, 15) is 9.59 Å². The van der Waals surface area contributed by atoms with Crippen LogP contribution in [-0.2, 0) is 0 Å². The fourth-order valence-corrected chi connectivity index (χ4v) is 3.35. The fraction of sp³-hybridized carbons (Fsp3) is 0.294. The van der Waals surface area contributed by atoms with Gasteiger partial charge in [-0.2, -0.15) is 0 Å². The van der Waals surface area contributed by atoms with E-state index < -0.39 is 0 Å². The molecule has 0 aliphatic carbocycles. The quantitative estimate of drug-likeness (QED) is 0.877. The van der Waals surface area contributed by atoms with Crippen LogP contribution in [0.25, 0.3) is 0 Å². The molecule has 2 amide bonds. The van der Waals surface area contributed by atoms with Gasteiger partial charge in [0.05, 0.1) is 16.1 Å². The van der Waals surface area contributed by atoms with Crippen LogP contribution in [0.5, 0.6) is 0 Å². The summed E-state index contributed by atoms with van der Waals surface area (Å²) in [6, 6.07) is 10.7. The van der Waals surface area contributed by atoms with Crippen molar-refractivity contribution < 1.29 is 9.59 Å². The Bertz CT molecular complexity index is 706. The average Bonchev–Trinajstić information content (AvgIpc) is 3.09. The molecule has 0 spiro atoms. The van der Waals surface area contributed by atoms with Crippen molar-refractivity contribution in [3.8, 4) is 0 Å². The Morgan fingerprint density at radius 3 is 2.71 bits per heavy atom. The standard InChI is InChI=1S/C17H19N3O2S.ClH/c18-12-5-3-9-20(11-12)17(22)13-6-1-2-7-14(13)19-16(21)15-8-4-10-23-15;/h1-2,4,6-8,10,12H,3,5,9,11,18H2,(H,19,21);1H. The Hall–Kier alpha value is -1.89. The molecule has 1 unspecified atom stereocenters. The van der Waals surface area contributed by atoms with E-state index in [-0.39, 0.29) is 30.3 Å². The Balaban J connectivity index is 0.00000208. The molecule has 5 nitrogen and oxygen atoms in total. The number of hydrogen-bond acceptors (Lipinski definition) is 4. The molecule has 1 aliphatic rings. The summed E-state index contributed by atoms with van der Waals surface area (Å²) in [5.41, 5.74) is 7.00. The van der Waals surface area contributed by atoms with Gasteiger partial charge in [0.25, 0.3) is 11.8 Å². The fourth-order valence-electron chi connectivity index (χ4n) is 2.74. The number of halogens is 1. The Kier molecular flexibility index (Phi) is 6.36. The number of likely N-dealkylation sites (tertiary alicyclic amines) is 1. The molecule has 24 heavy (non-hydrogen) atoms. The molecule has 3 N–H and O–H groups in total. The lowest BCUT2D eigenvalue weighted by Crippen LogP contribution is -2.45. The Morgan fingerprint density at radius 2 is 2.00 bits per heavy atom. The topological polar surface area (TPSA) is 75.4 Å². The third-order valence-electron chi connectivity index (χ3n) is 3.90. The van der Waals surface area contributed by atoms with Crippen molar-refractivity contribution in [2.24, 2.45) is 5.73 Å². The number of nitrogens with two attached hydrogens (primary N) is 1. The minimum atomic E-state index is -0.199. The summed E-state index contributed by atoms with van der Waals surface area (Å²) in [4.78, 5) is 27.4. The van der Waals surface area contributed by atoms with Crippen molar-refractivity contribution in [2.45, 2.75) is 18.9 Å². The number of rotatable bonds is 3. The van der Waals surface area contributed by atoms with Crippen molar-refractivity contribution in [2.75, 3.05) is 18.4 Å². The highest BCUT2D eigenvalue weighted by atomic mass is 35.5. The SMILES string of the molecule is Cl.NC1CCCN(C(=O)c2ccccc2NC(=O)c2cccs2)C1. The number of piperidine rings is 1. The van der Waals surface area contributed by atoms with E-state index in [1.165, 1.54) is 11.3 Å². The Morgan fingerprint density at radius 1 is 1.21 bits per heavy atom. The van der Waals surface area contributed by atoms with Crippen LogP contribution in [0.1, 0.15) is 32.9 Å². The summed E-state index contributed by atoms with van der Waals surface area (Å²) >= 11 is 1.37. The van der Waals surface area contributed by atoms with Crippen molar-refractivity contribution in [3.63, 3.8) is 0 Å². The molecule has 0 saturated carbocycles. The lowest BCUT2D eigenvalue weighted by atomic mass is 10.0. The zero-order valence-electron chi connectivity index (χ0n) is 13.1. The lowest BCUT2D eigenvalue weighted by Gasteiger charge is -2.31. The van der Waals surface area contributed by atoms with Gasteiger partial charge in [-0.15, -0.1) is 23.7 Å². The highest BCUT2D eigenvalue weighted by molar-refractivity contribution is 7.12.